The van der Waals surface area contributed by atoms with Crippen LogP contribution in [0.4, 0.5) is 4.79 Å². The number of likely N-dealkylation sites (N-methyl/N-ethyl adjacent to an activating group) is 1. The summed E-state index contributed by atoms with van der Waals surface area (Å²) in [5.41, 5.74) is -0.100. The third-order valence-corrected chi connectivity index (χ3v) is 4.08. The molecule has 0 aliphatic rings. The molecule has 0 aliphatic carbocycles. The van der Waals surface area contributed by atoms with Gasteiger partial charge in [-0.3, -0.25) is 4.90 Å². The zero-order valence-electron chi connectivity index (χ0n) is 17.2. The number of esters is 1. The van der Waals surface area contributed by atoms with Crippen LogP contribution in [0.1, 0.15) is 86.0 Å². The molecule has 0 saturated carbocycles. The van der Waals surface area contributed by atoms with Gasteiger partial charge in [0.15, 0.2) is 0 Å². The predicted molar refractivity (Wildman–Crippen MR) is 102 cm³/mol. The van der Waals surface area contributed by atoms with E-state index in [0.29, 0.717) is 13.2 Å². The molecule has 25 heavy (non-hydrogen) atoms. The third-order valence-electron chi connectivity index (χ3n) is 4.08. The van der Waals surface area contributed by atoms with E-state index in [1.807, 2.05) is 20.8 Å². The van der Waals surface area contributed by atoms with E-state index in [1.54, 1.807) is 14.0 Å². The van der Waals surface area contributed by atoms with E-state index in [9.17, 15) is 9.59 Å². The zero-order valence-corrected chi connectivity index (χ0v) is 17.2. The molecule has 5 nitrogen and oxygen atoms in total. The van der Waals surface area contributed by atoms with Crippen LogP contribution >= 0.6 is 0 Å². The second-order valence-electron chi connectivity index (χ2n) is 8.04. The van der Waals surface area contributed by atoms with Gasteiger partial charge in [-0.2, -0.15) is 0 Å². The van der Waals surface area contributed by atoms with Crippen LogP contribution in [0.2, 0.25) is 0 Å². The largest absolute Gasteiger partial charge is 0.464 e. The molecule has 0 rings (SSSR count). The minimum atomic E-state index is -0.637. The van der Waals surface area contributed by atoms with Gasteiger partial charge in [-0.1, -0.05) is 72.6 Å². The summed E-state index contributed by atoms with van der Waals surface area (Å²) >= 11 is 0. The minimum Gasteiger partial charge on any atom is -0.464 e. The Labute approximate surface area is 154 Å². The lowest BCUT2D eigenvalue weighted by molar-refractivity contribution is -0.148. The van der Waals surface area contributed by atoms with Crippen molar-refractivity contribution in [1.82, 2.24) is 4.90 Å². The SMILES string of the molecule is CCCCCCCCCCOC(=O)C(C)N(C)C(=O)OCC(C)(C)C. The quantitative estimate of drug-likeness (QED) is 0.357. The summed E-state index contributed by atoms with van der Waals surface area (Å²) in [4.78, 5) is 25.3. The van der Waals surface area contributed by atoms with Crippen molar-refractivity contribution in [3.63, 3.8) is 0 Å². The van der Waals surface area contributed by atoms with Gasteiger partial charge in [-0.05, 0) is 18.8 Å². The molecule has 0 radical (unpaired) electrons. The Morgan fingerprint density at radius 2 is 1.44 bits per heavy atom. The number of unbranched alkanes of at least 4 members (excludes halogenated alkanes) is 7. The first kappa shape index (κ1) is 23.7. The fourth-order valence-electron chi connectivity index (χ4n) is 2.23. The molecule has 0 aromatic rings. The van der Waals surface area contributed by atoms with E-state index in [0.717, 1.165) is 12.8 Å². The summed E-state index contributed by atoms with van der Waals surface area (Å²) in [5, 5.41) is 0. The lowest BCUT2D eigenvalue weighted by atomic mass is 9.99. The van der Waals surface area contributed by atoms with E-state index in [4.69, 9.17) is 9.47 Å². The molecule has 1 unspecified atom stereocenters. The topological polar surface area (TPSA) is 55.8 Å². The van der Waals surface area contributed by atoms with Crippen LogP contribution in [0, 0.1) is 5.41 Å². The number of carbonyl (C=O) groups is 2. The molecular formula is C20H39NO4. The van der Waals surface area contributed by atoms with Crippen LogP contribution in [-0.2, 0) is 14.3 Å². The molecule has 0 N–H and O–H groups in total. The van der Waals surface area contributed by atoms with E-state index in [2.05, 4.69) is 6.92 Å². The minimum absolute atomic E-state index is 0.100. The number of hydrogen-bond acceptors (Lipinski definition) is 4. The molecule has 0 fully saturated rings. The van der Waals surface area contributed by atoms with Crippen molar-refractivity contribution in [2.45, 2.75) is 92.0 Å². The number of rotatable bonds is 12. The number of carbonyl (C=O) groups excluding carboxylic acids is 2. The molecule has 148 valence electrons. The maximum atomic E-state index is 12.0. The number of nitrogens with zero attached hydrogens (tertiary/aromatic N) is 1. The molecule has 1 amide bonds. The van der Waals surface area contributed by atoms with E-state index in [1.165, 1.54) is 43.4 Å². The number of hydrogen-bond donors (Lipinski definition) is 0. The molecular weight excluding hydrogens is 318 g/mol. The van der Waals surface area contributed by atoms with Gasteiger partial charge in [0, 0.05) is 7.05 Å². The highest BCUT2D eigenvalue weighted by Gasteiger charge is 2.25. The van der Waals surface area contributed by atoms with Crippen molar-refractivity contribution >= 4 is 12.1 Å². The summed E-state index contributed by atoms with van der Waals surface area (Å²) in [6.07, 6.45) is 9.12. The maximum absolute atomic E-state index is 12.0. The molecule has 0 aromatic carbocycles. The summed E-state index contributed by atoms with van der Waals surface area (Å²) < 4.78 is 10.5. The normalized spacial score (nSPS) is 12.6. The Morgan fingerprint density at radius 1 is 0.920 bits per heavy atom. The van der Waals surface area contributed by atoms with Gasteiger partial charge in [0.2, 0.25) is 0 Å². The second-order valence-corrected chi connectivity index (χ2v) is 8.04. The fourth-order valence-corrected chi connectivity index (χ4v) is 2.23. The van der Waals surface area contributed by atoms with Gasteiger partial charge in [0.25, 0.3) is 0 Å². The Kier molecular flexibility index (Phi) is 12.4. The van der Waals surface area contributed by atoms with Gasteiger partial charge in [0.05, 0.1) is 13.2 Å². The fraction of sp³-hybridized carbons (Fsp3) is 0.900. The van der Waals surface area contributed by atoms with Crippen LogP contribution in [0.25, 0.3) is 0 Å². The lowest BCUT2D eigenvalue weighted by Crippen LogP contribution is -2.42. The van der Waals surface area contributed by atoms with Crippen LogP contribution in [0.3, 0.4) is 0 Å². The van der Waals surface area contributed by atoms with Crippen molar-refractivity contribution in [1.29, 1.82) is 0 Å². The van der Waals surface area contributed by atoms with Gasteiger partial charge >= 0.3 is 12.1 Å². The summed E-state index contributed by atoms with van der Waals surface area (Å²) in [7, 11) is 1.56. The Morgan fingerprint density at radius 3 is 1.96 bits per heavy atom. The van der Waals surface area contributed by atoms with Crippen LogP contribution in [0.5, 0.6) is 0 Å². The third kappa shape index (κ3) is 12.7. The van der Waals surface area contributed by atoms with Crippen molar-refractivity contribution in [3.8, 4) is 0 Å². The molecule has 0 bridgehead atoms. The molecule has 0 aromatic heterocycles. The first-order chi connectivity index (χ1) is 11.7. The highest BCUT2D eigenvalue weighted by atomic mass is 16.6. The van der Waals surface area contributed by atoms with E-state index < -0.39 is 12.1 Å². The van der Waals surface area contributed by atoms with E-state index in [-0.39, 0.29) is 11.4 Å². The molecule has 0 spiro atoms. The highest BCUT2D eigenvalue weighted by Crippen LogP contribution is 2.14. The van der Waals surface area contributed by atoms with Crippen LogP contribution in [0.15, 0.2) is 0 Å². The van der Waals surface area contributed by atoms with Gasteiger partial charge in [-0.25, -0.2) is 9.59 Å². The molecule has 0 aliphatic heterocycles. The second kappa shape index (κ2) is 13.0. The first-order valence-corrected chi connectivity index (χ1v) is 9.75. The Bertz CT molecular complexity index is 376. The smallest absolute Gasteiger partial charge is 0.410 e. The molecule has 0 heterocycles. The highest BCUT2D eigenvalue weighted by molar-refractivity contribution is 5.80. The summed E-state index contributed by atoms with van der Waals surface area (Å²) in [6.45, 7) is 10.6. The van der Waals surface area contributed by atoms with Crippen LogP contribution in [-0.4, -0.2) is 43.3 Å². The summed E-state index contributed by atoms with van der Waals surface area (Å²) in [5.74, 6) is -0.377. The standard InChI is InChI=1S/C20H39NO4/c1-7-8-9-10-11-12-13-14-15-24-18(22)17(2)21(6)19(23)25-16-20(3,4)5/h17H,7-16H2,1-6H3. The molecule has 5 heteroatoms. The molecule has 1 atom stereocenters. The monoisotopic (exact) mass is 357 g/mol. The molecule has 0 saturated heterocycles. The van der Waals surface area contributed by atoms with Crippen LogP contribution < -0.4 is 0 Å². The maximum Gasteiger partial charge on any atom is 0.410 e. The number of amides is 1. The Hall–Kier alpha value is -1.26. The van der Waals surface area contributed by atoms with Gasteiger partial charge in [-0.15, -0.1) is 0 Å². The number of ether oxygens (including phenoxy) is 2. The van der Waals surface area contributed by atoms with Gasteiger partial charge in [0.1, 0.15) is 6.04 Å². The van der Waals surface area contributed by atoms with Crippen molar-refractivity contribution < 1.29 is 19.1 Å². The first-order valence-electron chi connectivity index (χ1n) is 9.75. The Balaban J connectivity index is 3.85. The summed E-state index contributed by atoms with van der Waals surface area (Å²) in [6, 6.07) is -0.637. The zero-order chi connectivity index (χ0) is 19.3. The van der Waals surface area contributed by atoms with E-state index >= 15 is 0 Å². The van der Waals surface area contributed by atoms with Gasteiger partial charge < -0.3 is 9.47 Å². The van der Waals surface area contributed by atoms with Crippen molar-refractivity contribution in [2.24, 2.45) is 5.41 Å². The van der Waals surface area contributed by atoms with Crippen molar-refractivity contribution in [3.05, 3.63) is 0 Å². The average Bonchev–Trinajstić information content (AvgIpc) is 2.55. The predicted octanol–water partition coefficient (Wildman–Crippen LogP) is 5.17. The lowest BCUT2D eigenvalue weighted by Gasteiger charge is -2.25. The van der Waals surface area contributed by atoms with Crippen molar-refractivity contribution in [2.75, 3.05) is 20.3 Å². The average molecular weight is 358 g/mol.